The van der Waals surface area contributed by atoms with Crippen LogP contribution < -0.4 is 5.32 Å². The molecule has 0 fully saturated rings. The van der Waals surface area contributed by atoms with Crippen LogP contribution in [0.5, 0.6) is 0 Å². The summed E-state index contributed by atoms with van der Waals surface area (Å²) in [6.07, 6.45) is 11.6. The van der Waals surface area contributed by atoms with Crippen molar-refractivity contribution >= 4 is 48.5 Å². The average molecular weight is 680 g/mol. The first kappa shape index (κ1) is 32.0. The van der Waals surface area contributed by atoms with Gasteiger partial charge in [-0.3, -0.25) is 0 Å². The molecule has 3 aliphatic carbocycles. The number of hydrogen-bond donors (Lipinski definition) is 1. The van der Waals surface area contributed by atoms with Gasteiger partial charge in [-0.15, -0.1) is 11.3 Å². The van der Waals surface area contributed by atoms with E-state index < -0.39 is 0 Å². The van der Waals surface area contributed by atoms with E-state index in [0.29, 0.717) is 17.8 Å². The fraction of sp³-hybridized carbons (Fsp3) is 0.224. The normalized spacial score (nSPS) is 20.7. The van der Waals surface area contributed by atoms with Crippen molar-refractivity contribution < 1.29 is 0 Å². The summed E-state index contributed by atoms with van der Waals surface area (Å²) in [5.74, 6) is 1.57. The van der Waals surface area contributed by atoms with E-state index >= 15 is 0 Å². The van der Waals surface area contributed by atoms with Gasteiger partial charge in [0.2, 0.25) is 0 Å². The Bertz CT molecular complexity index is 2440. The molecule has 1 heterocycles. The first-order valence-corrected chi connectivity index (χ1v) is 19.4. The van der Waals surface area contributed by atoms with Crippen molar-refractivity contribution in [1.29, 1.82) is 0 Å². The molecule has 0 radical (unpaired) electrons. The molecule has 1 aromatic heterocycles. The van der Waals surface area contributed by atoms with Gasteiger partial charge in [0.15, 0.2) is 0 Å². The van der Waals surface area contributed by atoms with Crippen LogP contribution in [0.25, 0.3) is 48.0 Å². The van der Waals surface area contributed by atoms with Crippen LogP contribution in [0.3, 0.4) is 0 Å². The van der Waals surface area contributed by atoms with E-state index in [2.05, 4.69) is 173 Å². The Balaban J connectivity index is 0.988. The average Bonchev–Trinajstić information content (AvgIpc) is 3.66. The summed E-state index contributed by atoms with van der Waals surface area (Å²) < 4.78 is 2.69. The maximum atomic E-state index is 3.65. The lowest BCUT2D eigenvalue weighted by molar-refractivity contribution is 0.296. The lowest BCUT2D eigenvalue weighted by Gasteiger charge is -2.35. The molecule has 0 saturated carbocycles. The number of anilines is 2. The van der Waals surface area contributed by atoms with Gasteiger partial charge in [0.25, 0.3) is 0 Å². The standard InChI is InChI=1S/C49H45NS/c1-6-36-37(15-11-17-39(36)43-29-30(2)47-46(31(43)3)42-14-7-9-19-44(42)49(47,4)5)32-21-25-34(26-22-32)50-35-27-23-33(24-28-35)38-16-12-18-41-40-13-8-10-20-45(40)51-48(38)41/h7-28,30,42,44,50H,6,29H2,1-5H3. The van der Waals surface area contributed by atoms with Gasteiger partial charge in [0.1, 0.15) is 0 Å². The van der Waals surface area contributed by atoms with E-state index in [1.165, 1.54) is 59.1 Å². The SMILES string of the molecule is CCc1c(C2=C(C)C3=C(C(C)C2)C(C)(C)C2C=CC=CC32)cccc1-c1ccc(Nc2ccc(-c3cccc4c3sc3ccccc34)cc2)cc1. The lowest BCUT2D eigenvalue weighted by atomic mass is 9.69. The van der Waals surface area contributed by atoms with Gasteiger partial charge < -0.3 is 5.32 Å². The summed E-state index contributed by atoms with van der Waals surface area (Å²) in [5.41, 5.74) is 16.8. The van der Waals surface area contributed by atoms with Crippen molar-refractivity contribution in [2.75, 3.05) is 5.32 Å². The van der Waals surface area contributed by atoms with Gasteiger partial charge >= 0.3 is 0 Å². The first-order valence-electron chi connectivity index (χ1n) is 18.6. The molecule has 3 unspecified atom stereocenters. The second-order valence-electron chi connectivity index (χ2n) is 15.3. The molecule has 252 valence electrons. The smallest absolute Gasteiger partial charge is 0.0433 e. The van der Waals surface area contributed by atoms with Crippen LogP contribution in [-0.4, -0.2) is 0 Å². The Morgan fingerprint density at radius 2 is 1.33 bits per heavy atom. The predicted molar refractivity (Wildman–Crippen MR) is 222 cm³/mol. The molecule has 0 amide bonds. The molecule has 2 heteroatoms. The zero-order valence-corrected chi connectivity index (χ0v) is 31.1. The monoisotopic (exact) mass is 679 g/mol. The minimum atomic E-state index is 0.190. The number of fused-ring (bicyclic) bond motifs is 5. The highest BCUT2D eigenvalue weighted by molar-refractivity contribution is 7.26. The van der Waals surface area contributed by atoms with Crippen molar-refractivity contribution in [3.05, 3.63) is 161 Å². The number of nitrogens with one attached hydrogen (secondary N) is 1. The summed E-state index contributed by atoms with van der Waals surface area (Å²) in [6.45, 7) is 12.1. The van der Waals surface area contributed by atoms with Crippen molar-refractivity contribution in [3.8, 4) is 22.3 Å². The van der Waals surface area contributed by atoms with E-state index in [1.54, 1.807) is 16.7 Å². The Hall–Kier alpha value is -4.92. The Morgan fingerprint density at radius 1 is 0.706 bits per heavy atom. The van der Waals surface area contributed by atoms with Crippen molar-refractivity contribution in [3.63, 3.8) is 0 Å². The molecule has 0 aliphatic heterocycles. The highest BCUT2D eigenvalue weighted by Gasteiger charge is 2.49. The predicted octanol–water partition coefficient (Wildman–Crippen LogP) is 14.2. The van der Waals surface area contributed by atoms with Crippen LogP contribution >= 0.6 is 11.3 Å². The highest BCUT2D eigenvalue weighted by atomic mass is 32.1. The number of benzene rings is 5. The van der Waals surface area contributed by atoms with Gasteiger partial charge in [-0.25, -0.2) is 0 Å². The third kappa shape index (κ3) is 5.18. The van der Waals surface area contributed by atoms with Gasteiger partial charge in [-0.05, 0) is 117 Å². The van der Waals surface area contributed by atoms with Crippen molar-refractivity contribution in [2.24, 2.45) is 23.2 Å². The van der Waals surface area contributed by atoms with Crippen LogP contribution in [0.1, 0.15) is 52.2 Å². The molecule has 5 aromatic carbocycles. The number of rotatable bonds is 6. The van der Waals surface area contributed by atoms with Gasteiger partial charge in [-0.1, -0.05) is 136 Å². The van der Waals surface area contributed by atoms with Crippen molar-refractivity contribution in [1.82, 2.24) is 0 Å². The maximum absolute atomic E-state index is 3.65. The van der Waals surface area contributed by atoms with Crippen LogP contribution in [-0.2, 0) is 6.42 Å². The topological polar surface area (TPSA) is 12.0 Å². The Labute approximate surface area is 306 Å². The quantitative estimate of drug-likeness (QED) is 0.185. The summed E-state index contributed by atoms with van der Waals surface area (Å²) >= 11 is 1.88. The molecule has 1 N–H and O–H groups in total. The van der Waals surface area contributed by atoms with Crippen LogP contribution in [0.15, 0.2) is 150 Å². The second kappa shape index (κ2) is 12.4. The summed E-state index contributed by atoms with van der Waals surface area (Å²) in [4.78, 5) is 0. The fourth-order valence-electron chi connectivity index (χ4n) is 9.80. The minimum absolute atomic E-state index is 0.190. The number of hydrogen-bond acceptors (Lipinski definition) is 2. The Kier molecular flexibility index (Phi) is 7.78. The summed E-state index contributed by atoms with van der Waals surface area (Å²) in [5, 5.41) is 6.33. The van der Waals surface area contributed by atoms with Crippen molar-refractivity contribution in [2.45, 2.75) is 47.5 Å². The molecule has 0 spiro atoms. The van der Waals surface area contributed by atoms with E-state index in [4.69, 9.17) is 0 Å². The molecule has 0 bridgehead atoms. The Morgan fingerprint density at radius 3 is 2.08 bits per heavy atom. The van der Waals surface area contributed by atoms with Crippen LogP contribution in [0.2, 0.25) is 0 Å². The molecular weight excluding hydrogens is 635 g/mol. The van der Waals surface area contributed by atoms with Crippen LogP contribution in [0, 0.1) is 23.2 Å². The molecule has 0 saturated heterocycles. The van der Waals surface area contributed by atoms with Gasteiger partial charge in [-0.2, -0.15) is 0 Å². The molecule has 51 heavy (non-hydrogen) atoms. The third-order valence-electron chi connectivity index (χ3n) is 12.1. The number of allylic oxidation sites excluding steroid dienone is 8. The van der Waals surface area contributed by atoms with Gasteiger partial charge in [0.05, 0.1) is 0 Å². The molecular formula is C49H45NS. The van der Waals surface area contributed by atoms with E-state index in [-0.39, 0.29) is 5.41 Å². The van der Waals surface area contributed by atoms with E-state index in [9.17, 15) is 0 Å². The molecule has 3 aliphatic rings. The largest absolute Gasteiger partial charge is 0.356 e. The number of thiophene rings is 1. The molecule has 1 nitrogen and oxygen atoms in total. The zero-order chi connectivity index (χ0) is 34.9. The van der Waals surface area contributed by atoms with Crippen LogP contribution in [0.4, 0.5) is 11.4 Å². The lowest BCUT2D eigenvalue weighted by Crippen LogP contribution is -2.26. The molecule has 3 atom stereocenters. The summed E-state index contributed by atoms with van der Waals surface area (Å²) in [7, 11) is 0. The summed E-state index contributed by atoms with van der Waals surface area (Å²) in [6, 6.07) is 40.3. The zero-order valence-electron chi connectivity index (χ0n) is 30.3. The second-order valence-corrected chi connectivity index (χ2v) is 16.4. The third-order valence-corrected chi connectivity index (χ3v) is 13.3. The minimum Gasteiger partial charge on any atom is -0.356 e. The molecule has 6 aromatic rings. The maximum Gasteiger partial charge on any atom is 0.0433 e. The van der Waals surface area contributed by atoms with Gasteiger partial charge in [0, 0.05) is 37.5 Å². The molecule has 9 rings (SSSR count). The fourth-order valence-corrected chi connectivity index (χ4v) is 11.0. The highest BCUT2D eigenvalue weighted by Crippen LogP contribution is 2.60. The first-order chi connectivity index (χ1) is 24.8. The van der Waals surface area contributed by atoms with E-state index in [0.717, 1.165) is 24.2 Å². The van der Waals surface area contributed by atoms with E-state index in [1.807, 2.05) is 11.3 Å².